The minimum atomic E-state index is 0.870. The van der Waals surface area contributed by atoms with Crippen LogP contribution in [0, 0.1) is 0 Å². The molecule has 0 amide bonds. The Balaban J connectivity index is 0.933. The molecule has 0 fully saturated rings. The van der Waals surface area contributed by atoms with Crippen molar-refractivity contribution >= 4 is 76.6 Å². The zero-order chi connectivity index (χ0) is 39.3. The van der Waals surface area contributed by atoms with E-state index in [1.165, 1.54) is 65.7 Å². The van der Waals surface area contributed by atoms with E-state index in [0.29, 0.717) is 0 Å². The summed E-state index contributed by atoms with van der Waals surface area (Å²) in [5, 5.41) is 8.41. The van der Waals surface area contributed by atoms with Crippen molar-refractivity contribution in [1.82, 2.24) is 13.7 Å². The Hall–Kier alpha value is -8.08. The highest BCUT2D eigenvalue weighted by atomic mass is 16.3. The van der Waals surface area contributed by atoms with Gasteiger partial charge in [0, 0.05) is 49.4 Å². The molecule has 0 aliphatic rings. The van der Waals surface area contributed by atoms with Gasteiger partial charge < -0.3 is 13.6 Å². The minimum absolute atomic E-state index is 0.870. The maximum Gasteiger partial charge on any atom is 0.213 e. The molecule has 13 rings (SSSR count). The Kier molecular flexibility index (Phi) is 6.98. The SMILES string of the molecule is c1ccc(-n2c3ccccc3c3cc(-n4c5ccccc5c5cc(-c6cccc(-c7ccc8oc9c(c8c7)c7ccccc7n9-c7ccccc7)c6)ccc54)ccc32)cc1. The number of nitrogens with zero attached hydrogens (tertiary/aromatic N) is 3. The number of benzene rings is 9. The van der Waals surface area contributed by atoms with Gasteiger partial charge in [-0.25, -0.2) is 0 Å². The van der Waals surface area contributed by atoms with Crippen LogP contribution in [0.4, 0.5) is 0 Å². The molecular weight excluding hydrogens is 731 g/mol. The number of rotatable bonds is 5. The molecule has 0 spiro atoms. The van der Waals surface area contributed by atoms with Crippen molar-refractivity contribution in [3.8, 4) is 39.3 Å². The lowest BCUT2D eigenvalue weighted by molar-refractivity contribution is 0.645. The van der Waals surface area contributed by atoms with Gasteiger partial charge >= 0.3 is 0 Å². The molecule has 0 saturated heterocycles. The number of fused-ring (bicyclic) bond motifs is 11. The van der Waals surface area contributed by atoms with Gasteiger partial charge in [-0.1, -0.05) is 121 Å². The lowest BCUT2D eigenvalue weighted by Crippen LogP contribution is -1.95. The molecule has 0 bridgehead atoms. The molecule has 280 valence electrons. The van der Waals surface area contributed by atoms with Crippen molar-refractivity contribution < 1.29 is 4.42 Å². The maximum absolute atomic E-state index is 6.64. The van der Waals surface area contributed by atoms with Crippen molar-refractivity contribution in [3.63, 3.8) is 0 Å². The summed E-state index contributed by atoms with van der Waals surface area (Å²) in [6.45, 7) is 0. The lowest BCUT2D eigenvalue weighted by atomic mass is 9.97. The summed E-state index contributed by atoms with van der Waals surface area (Å²) in [6, 6.07) is 76.6. The average Bonchev–Trinajstić information content (AvgIpc) is 4.05. The number of aromatic nitrogens is 3. The molecule has 13 aromatic rings. The number of furan rings is 1. The molecule has 4 heteroatoms. The smallest absolute Gasteiger partial charge is 0.213 e. The summed E-state index contributed by atoms with van der Waals surface area (Å²) in [4.78, 5) is 0. The highest BCUT2D eigenvalue weighted by molar-refractivity contribution is 6.20. The summed E-state index contributed by atoms with van der Waals surface area (Å²) in [5.74, 6) is 0. The highest BCUT2D eigenvalue weighted by Gasteiger charge is 2.21. The quantitative estimate of drug-likeness (QED) is 0.171. The fraction of sp³-hybridized carbons (Fsp3) is 0. The molecule has 0 radical (unpaired) electrons. The molecule has 0 N–H and O–H groups in total. The molecule has 9 aromatic carbocycles. The molecule has 60 heavy (non-hydrogen) atoms. The molecule has 4 nitrogen and oxygen atoms in total. The Morgan fingerprint density at radius 3 is 1.40 bits per heavy atom. The van der Waals surface area contributed by atoms with E-state index in [0.717, 1.165) is 50.2 Å². The zero-order valence-corrected chi connectivity index (χ0v) is 32.5. The average molecular weight is 766 g/mol. The van der Waals surface area contributed by atoms with Crippen LogP contribution in [0.5, 0.6) is 0 Å². The third-order valence-corrected chi connectivity index (χ3v) is 12.4. The van der Waals surface area contributed by atoms with E-state index < -0.39 is 0 Å². The van der Waals surface area contributed by atoms with Gasteiger partial charge in [0.15, 0.2) is 0 Å². The van der Waals surface area contributed by atoms with E-state index in [-0.39, 0.29) is 0 Å². The Bertz CT molecular complexity index is 3820. The van der Waals surface area contributed by atoms with Gasteiger partial charge in [-0.05, 0) is 113 Å². The van der Waals surface area contributed by atoms with E-state index >= 15 is 0 Å². The van der Waals surface area contributed by atoms with E-state index in [4.69, 9.17) is 4.42 Å². The zero-order valence-electron chi connectivity index (χ0n) is 32.5. The van der Waals surface area contributed by atoms with Crippen LogP contribution in [-0.2, 0) is 0 Å². The van der Waals surface area contributed by atoms with Crippen molar-refractivity contribution in [2.24, 2.45) is 0 Å². The van der Waals surface area contributed by atoms with Gasteiger partial charge in [0.05, 0.1) is 33.0 Å². The highest BCUT2D eigenvalue weighted by Crippen LogP contribution is 2.42. The Labute approximate surface area is 345 Å². The molecule has 4 heterocycles. The van der Waals surface area contributed by atoms with Gasteiger partial charge in [0.1, 0.15) is 5.58 Å². The van der Waals surface area contributed by atoms with E-state index in [9.17, 15) is 0 Å². The predicted molar refractivity (Wildman–Crippen MR) is 250 cm³/mol. The van der Waals surface area contributed by atoms with Crippen LogP contribution in [0.2, 0.25) is 0 Å². The van der Waals surface area contributed by atoms with Crippen LogP contribution in [0.3, 0.4) is 0 Å². The lowest BCUT2D eigenvalue weighted by Gasteiger charge is -2.11. The standard InChI is InChI=1S/C56H35N3O/c1-3-16-40(17-4-1)57-49-23-10-8-21-44(49)47-35-42(28-30-53(47)57)58-50-24-11-7-20-43(50)46-33-38(26-29-52(46)58)36-14-13-15-37(32-36)39-27-31-54-48(34-39)55-45-22-9-12-25-51(45)59(56(55)60-54)41-18-5-2-6-19-41/h1-35H. The van der Waals surface area contributed by atoms with Gasteiger partial charge in [0.25, 0.3) is 0 Å². The molecule has 0 atom stereocenters. The van der Waals surface area contributed by atoms with Crippen molar-refractivity contribution in [2.45, 2.75) is 0 Å². The first-order chi connectivity index (χ1) is 29.8. The molecule has 0 saturated carbocycles. The van der Waals surface area contributed by atoms with Gasteiger partial charge in [-0.2, -0.15) is 0 Å². The van der Waals surface area contributed by atoms with Crippen molar-refractivity contribution in [3.05, 3.63) is 212 Å². The molecule has 0 aliphatic heterocycles. The van der Waals surface area contributed by atoms with E-state index in [1.54, 1.807) is 0 Å². The van der Waals surface area contributed by atoms with Crippen molar-refractivity contribution in [1.29, 1.82) is 0 Å². The second-order valence-corrected chi connectivity index (χ2v) is 15.7. The fourth-order valence-electron chi connectivity index (χ4n) is 9.77. The van der Waals surface area contributed by atoms with Crippen LogP contribution in [0.25, 0.3) is 116 Å². The van der Waals surface area contributed by atoms with Crippen molar-refractivity contribution in [2.75, 3.05) is 0 Å². The number of para-hydroxylation sites is 5. The maximum atomic E-state index is 6.64. The largest absolute Gasteiger partial charge is 0.439 e. The third-order valence-electron chi connectivity index (χ3n) is 12.4. The second-order valence-electron chi connectivity index (χ2n) is 15.7. The molecular formula is C56H35N3O. The van der Waals surface area contributed by atoms with Crippen LogP contribution in [0.1, 0.15) is 0 Å². The summed E-state index contributed by atoms with van der Waals surface area (Å²) < 4.78 is 13.7. The fourth-order valence-corrected chi connectivity index (χ4v) is 9.77. The summed E-state index contributed by atoms with van der Waals surface area (Å²) in [7, 11) is 0. The van der Waals surface area contributed by atoms with Crippen LogP contribution in [0.15, 0.2) is 217 Å². The Morgan fingerprint density at radius 1 is 0.267 bits per heavy atom. The van der Waals surface area contributed by atoms with Crippen LogP contribution >= 0.6 is 0 Å². The third kappa shape index (κ3) is 4.79. The number of hydrogen-bond acceptors (Lipinski definition) is 1. The molecule has 4 aromatic heterocycles. The topological polar surface area (TPSA) is 27.9 Å². The molecule has 0 aliphatic carbocycles. The van der Waals surface area contributed by atoms with E-state index in [1.807, 2.05) is 0 Å². The Morgan fingerprint density at radius 2 is 0.733 bits per heavy atom. The summed E-state index contributed by atoms with van der Waals surface area (Å²) in [5.41, 5.74) is 15.8. The van der Waals surface area contributed by atoms with Crippen LogP contribution < -0.4 is 0 Å². The summed E-state index contributed by atoms with van der Waals surface area (Å²) in [6.07, 6.45) is 0. The first kappa shape index (κ1) is 32.9. The minimum Gasteiger partial charge on any atom is -0.439 e. The van der Waals surface area contributed by atoms with Gasteiger partial charge in [-0.3, -0.25) is 4.57 Å². The van der Waals surface area contributed by atoms with Crippen LogP contribution in [-0.4, -0.2) is 13.7 Å². The molecule has 0 unspecified atom stereocenters. The van der Waals surface area contributed by atoms with Gasteiger partial charge in [-0.15, -0.1) is 0 Å². The second kappa shape index (κ2) is 12.7. The number of hydrogen-bond donors (Lipinski definition) is 0. The monoisotopic (exact) mass is 765 g/mol. The van der Waals surface area contributed by atoms with E-state index in [2.05, 4.69) is 226 Å². The van der Waals surface area contributed by atoms with Gasteiger partial charge in [0.2, 0.25) is 5.71 Å². The first-order valence-electron chi connectivity index (χ1n) is 20.5. The summed E-state index contributed by atoms with van der Waals surface area (Å²) >= 11 is 0. The first-order valence-corrected chi connectivity index (χ1v) is 20.5. The normalized spacial score (nSPS) is 12.0. The predicted octanol–water partition coefficient (Wildman–Crippen LogP) is 15.1.